The van der Waals surface area contributed by atoms with Gasteiger partial charge in [0, 0.05) is 17.0 Å². The van der Waals surface area contributed by atoms with E-state index >= 15 is 0 Å². The molecular formula is C17H17BrN4O4. The Kier molecular flexibility index (Phi) is 6.67. The van der Waals surface area contributed by atoms with Crippen LogP contribution in [0.1, 0.15) is 34.7 Å². The van der Waals surface area contributed by atoms with Crippen LogP contribution in [0.15, 0.2) is 40.9 Å². The van der Waals surface area contributed by atoms with Crippen molar-refractivity contribution < 1.29 is 19.1 Å². The Morgan fingerprint density at radius 2 is 1.69 bits per heavy atom. The van der Waals surface area contributed by atoms with Gasteiger partial charge < -0.3 is 10.1 Å². The highest BCUT2D eigenvalue weighted by molar-refractivity contribution is 9.10. The Morgan fingerprint density at radius 1 is 1.04 bits per heavy atom. The number of nitrogens with one attached hydrogen (secondary N) is 3. The van der Waals surface area contributed by atoms with Gasteiger partial charge >= 0.3 is 0 Å². The molecule has 136 valence electrons. The van der Waals surface area contributed by atoms with Crippen LogP contribution in [-0.2, 0) is 4.79 Å². The van der Waals surface area contributed by atoms with Gasteiger partial charge in [-0.25, -0.2) is 4.98 Å². The van der Waals surface area contributed by atoms with E-state index in [0.717, 1.165) is 0 Å². The lowest BCUT2D eigenvalue weighted by Crippen LogP contribution is -2.42. The van der Waals surface area contributed by atoms with Gasteiger partial charge in [-0.15, -0.1) is 0 Å². The molecule has 9 heteroatoms. The summed E-state index contributed by atoms with van der Waals surface area (Å²) in [6.45, 7) is 3.73. The van der Waals surface area contributed by atoms with E-state index in [1.807, 2.05) is 6.92 Å². The third-order valence-electron chi connectivity index (χ3n) is 3.08. The topological polar surface area (TPSA) is 109 Å². The van der Waals surface area contributed by atoms with Crippen LogP contribution in [0.2, 0.25) is 0 Å². The first-order valence-corrected chi connectivity index (χ1v) is 8.47. The molecule has 0 unspecified atom stereocenters. The summed E-state index contributed by atoms with van der Waals surface area (Å²) < 4.78 is 5.72. The van der Waals surface area contributed by atoms with Crippen LogP contribution in [0, 0.1) is 0 Å². The monoisotopic (exact) mass is 420 g/mol. The van der Waals surface area contributed by atoms with Gasteiger partial charge in [0.15, 0.2) is 0 Å². The molecule has 0 spiro atoms. The van der Waals surface area contributed by atoms with Crippen molar-refractivity contribution in [3.8, 4) is 5.75 Å². The van der Waals surface area contributed by atoms with E-state index in [2.05, 4.69) is 37.1 Å². The number of carbonyl (C=O) groups excluding carboxylic acids is 3. The minimum absolute atomic E-state index is 0.0169. The van der Waals surface area contributed by atoms with Gasteiger partial charge in [0.1, 0.15) is 17.3 Å². The number of rotatable bonds is 5. The van der Waals surface area contributed by atoms with Crippen LogP contribution in [0.4, 0.5) is 5.82 Å². The van der Waals surface area contributed by atoms with Crippen molar-refractivity contribution in [1.82, 2.24) is 15.8 Å². The van der Waals surface area contributed by atoms with Gasteiger partial charge in [-0.2, -0.15) is 0 Å². The van der Waals surface area contributed by atoms with E-state index < -0.39 is 11.8 Å². The van der Waals surface area contributed by atoms with Crippen molar-refractivity contribution >= 4 is 39.5 Å². The molecule has 0 fully saturated rings. The third-order valence-corrected chi connectivity index (χ3v) is 3.72. The quantitative estimate of drug-likeness (QED) is 0.642. The number of anilines is 1. The van der Waals surface area contributed by atoms with Crippen molar-refractivity contribution in [3.05, 3.63) is 52.1 Å². The number of hydrogen-bond donors (Lipinski definition) is 3. The molecule has 0 bridgehead atoms. The number of hydrogen-bond acceptors (Lipinski definition) is 5. The molecule has 8 nitrogen and oxygen atoms in total. The second-order valence-electron chi connectivity index (χ2n) is 5.07. The average molecular weight is 421 g/mol. The van der Waals surface area contributed by atoms with E-state index in [0.29, 0.717) is 22.4 Å². The molecule has 0 saturated carbocycles. The first-order chi connectivity index (χ1) is 12.4. The molecule has 0 aliphatic rings. The Hall–Kier alpha value is -2.94. The summed E-state index contributed by atoms with van der Waals surface area (Å²) in [6.07, 6.45) is 0. The van der Waals surface area contributed by atoms with Gasteiger partial charge in [-0.3, -0.25) is 25.2 Å². The number of amides is 3. The average Bonchev–Trinajstić information content (AvgIpc) is 2.61. The summed E-state index contributed by atoms with van der Waals surface area (Å²) in [6, 6.07) is 9.60. The Labute approximate surface area is 158 Å². The second-order valence-corrected chi connectivity index (χ2v) is 5.93. The van der Waals surface area contributed by atoms with Crippen LogP contribution < -0.4 is 20.9 Å². The summed E-state index contributed by atoms with van der Waals surface area (Å²) >= 11 is 3.21. The molecule has 1 heterocycles. The largest absolute Gasteiger partial charge is 0.494 e. The first kappa shape index (κ1) is 19.4. The number of nitrogens with zero attached hydrogens (tertiary/aromatic N) is 1. The van der Waals surface area contributed by atoms with Crippen molar-refractivity contribution in [2.75, 3.05) is 11.9 Å². The summed E-state index contributed by atoms with van der Waals surface area (Å²) in [4.78, 5) is 39.4. The molecule has 26 heavy (non-hydrogen) atoms. The fourth-order valence-corrected chi connectivity index (χ4v) is 2.37. The number of benzene rings is 1. The van der Waals surface area contributed by atoms with Crippen molar-refractivity contribution in [2.45, 2.75) is 13.8 Å². The number of carbonyl (C=O) groups is 3. The van der Waals surface area contributed by atoms with E-state index in [1.165, 1.54) is 6.92 Å². The molecule has 2 rings (SSSR count). The molecule has 0 aliphatic carbocycles. The number of ether oxygens (including phenoxy) is 1. The zero-order chi connectivity index (χ0) is 19.1. The number of aromatic nitrogens is 1. The maximum atomic E-state index is 12.2. The van der Waals surface area contributed by atoms with Crippen LogP contribution in [-0.4, -0.2) is 29.3 Å². The standard InChI is InChI=1S/C17H17BrN4O4/c1-3-26-12-6-4-11(5-7-12)16(24)21-22-17(25)15-13(18)8-9-14(20-15)19-10(2)23/h4-9H,3H2,1-2H3,(H,21,24)(H,22,25)(H,19,20,23). The second kappa shape index (κ2) is 8.95. The summed E-state index contributed by atoms with van der Waals surface area (Å²) in [7, 11) is 0. The van der Waals surface area contributed by atoms with Gasteiger partial charge in [0.25, 0.3) is 11.8 Å². The highest BCUT2D eigenvalue weighted by Crippen LogP contribution is 2.17. The lowest BCUT2D eigenvalue weighted by molar-refractivity contribution is -0.114. The van der Waals surface area contributed by atoms with Gasteiger partial charge in [0.05, 0.1) is 6.61 Å². The zero-order valence-corrected chi connectivity index (χ0v) is 15.7. The highest BCUT2D eigenvalue weighted by Gasteiger charge is 2.15. The van der Waals surface area contributed by atoms with E-state index in [4.69, 9.17) is 4.74 Å². The predicted octanol–water partition coefficient (Wildman–Crippen LogP) is 2.28. The van der Waals surface area contributed by atoms with Crippen molar-refractivity contribution in [3.63, 3.8) is 0 Å². The number of pyridine rings is 1. The minimum atomic E-state index is -0.636. The molecule has 0 atom stereocenters. The molecule has 3 N–H and O–H groups in total. The SMILES string of the molecule is CCOc1ccc(C(=O)NNC(=O)c2nc(NC(C)=O)ccc2Br)cc1. The Balaban J connectivity index is 2.01. The van der Waals surface area contributed by atoms with Gasteiger partial charge in [-0.1, -0.05) is 0 Å². The van der Waals surface area contributed by atoms with E-state index in [1.54, 1.807) is 36.4 Å². The lowest BCUT2D eigenvalue weighted by atomic mass is 10.2. The summed E-state index contributed by atoms with van der Waals surface area (Å²) in [5.74, 6) is -0.562. The maximum absolute atomic E-state index is 12.2. The van der Waals surface area contributed by atoms with Gasteiger partial charge in [0.2, 0.25) is 5.91 Å². The molecule has 2 aromatic rings. The van der Waals surface area contributed by atoms with E-state index in [9.17, 15) is 14.4 Å². The fourth-order valence-electron chi connectivity index (χ4n) is 1.97. The normalized spacial score (nSPS) is 9.96. The summed E-state index contributed by atoms with van der Waals surface area (Å²) in [5.41, 5.74) is 4.96. The molecule has 0 aliphatic heterocycles. The number of halogens is 1. The van der Waals surface area contributed by atoms with Gasteiger partial charge in [-0.05, 0) is 59.3 Å². The zero-order valence-electron chi connectivity index (χ0n) is 14.1. The smallest absolute Gasteiger partial charge is 0.289 e. The first-order valence-electron chi connectivity index (χ1n) is 7.68. The summed E-state index contributed by atoms with van der Waals surface area (Å²) in [5, 5.41) is 2.48. The Morgan fingerprint density at radius 3 is 2.31 bits per heavy atom. The fraction of sp³-hybridized carbons (Fsp3) is 0.176. The molecule has 1 aromatic carbocycles. The molecule has 0 radical (unpaired) electrons. The van der Waals surface area contributed by atoms with Crippen molar-refractivity contribution in [2.24, 2.45) is 0 Å². The lowest BCUT2D eigenvalue weighted by Gasteiger charge is -2.10. The van der Waals surface area contributed by atoms with Crippen LogP contribution in [0.3, 0.4) is 0 Å². The maximum Gasteiger partial charge on any atom is 0.289 e. The third kappa shape index (κ3) is 5.28. The highest BCUT2D eigenvalue weighted by atomic mass is 79.9. The molecule has 3 amide bonds. The van der Waals surface area contributed by atoms with Crippen LogP contribution in [0.25, 0.3) is 0 Å². The van der Waals surface area contributed by atoms with Crippen LogP contribution >= 0.6 is 15.9 Å². The molecular weight excluding hydrogens is 404 g/mol. The van der Waals surface area contributed by atoms with Crippen molar-refractivity contribution in [1.29, 1.82) is 0 Å². The molecule has 0 saturated heterocycles. The molecule has 1 aromatic heterocycles. The minimum Gasteiger partial charge on any atom is -0.494 e. The Bertz CT molecular complexity index is 824. The van der Waals surface area contributed by atoms with Crippen LogP contribution in [0.5, 0.6) is 5.75 Å². The predicted molar refractivity (Wildman–Crippen MR) is 98.8 cm³/mol. The van der Waals surface area contributed by atoms with E-state index in [-0.39, 0.29) is 17.4 Å². The number of hydrazine groups is 1.